The Bertz CT molecular complexity index is 877. The fourth-order valence-corrected chi connectivity index (χ4v) is 5.95. The van der Waals surface area contributed by atoms with Gasteiger partial charge in [-0.15, -0.1) is 0 Å². The lowest BCUT2D eigenvalue weighted by molar-refractivity contribution is -0.229. The van der Waals surface area contributed by atoms with Gasteiger partial charge in [0.1, 0.15) is 12.2 Å². The van der Waals surface area contributed by atoms with E-state index in [4.69, 9.17) is 9.47 Å². The number of ether oxygens (including phenoxy) is 2. The molecule has 3 aliphatic carbocycles. The van der Waals surface area contributed by atoms with Crippen LogP contribution in [0.2, 0.25) is 0 Å². The van der Waals surface area contributed by atoms with Crippen LogP contribution in [0.3, 0.4) is 0 Å². The molecule has 190 valence electrons. The molecular formula is C29H44O5. The van der Waals surface area contributed by atoms with E-state index in [0.29, 0.717) is 24.3 Å². The van der Waals surface area contributed by atoms with Crippen molar-refractivity contribution in [3.05, 3.63) is 47.1 Å². The van der Waals surface area contributed by atoms with Gasteiger partial charge in [0.05, 0.1) is 6.10 Å². The lowest BCUT2D eigenvalue weighted by Gasteiger charge is -2.41. The summed E-state index contributed by atoms with van der Waals surface area (Å²) in [5.41, 5.74) is 4.08. The Morgan fingerprint density at radius 1 is 1.29 bits per heavy atom. The molecule has 3 rings (SSSR count). The van der Waals surface area contributed by atoms with Gasteiger partial charge in [-0.25, -0.2) is 4.79 Å². The molecule has 0 aromatic rings. The maximum atomic E-state index is 12.3. The maximum Gasteiger partial charge on any atom is 0.332 e. The largest absolute Gasteiger partial charge is 0.458 e. The average molecular weight is 473 g/mol. The zero-order valence-corrected chi connectivity index (χ0v) is 21.8. The predicted octanol–water partition coefficient (Wildman–Crippen LogP) is 5.92. The molecule has 0 spiro atoms. The summed E-state index contributed by atoms with van der Waals surface area (Å²) in [5, 5.41) is 21.7. The van der Waals surface area contributed by atoms with E-state index < -0.39 is 23.5 Å². The van der Waals surface area contributed by atoms with E-state index in [2.05, 4.69) is 32.6 Å². The number of carbonyl (C=O) groups excluding carboxylic acids is 1. The lowest BCUT2D eigenvalue weighted by Crippen LogP contribution is -2.44. The number of rotatable bonds is 8. The molecule has 34 heavy (non-hydrogen) atoms. The molecule has 0 heterocycles. The zero-order valence-electron chi connectivity index (χ0n) is 21.8. The van der Waals surface area contributed by atoms with Crippen LogP contribution in [0.15, 0.2) is 47.1 Å². The van der Waals surface area contributed by atoms with Crippen molar-refractivity contribution in [2.24, 2.45) is 11.3 Å². The first kappa shape index (κ1) is 26.9. The Labute approximate surface area is 205 Å². The lowest BCUT2D eigenvalue weighted by atomic mass is 9.64. The number of esters is 1. The summed E-state index contributed by atoms with van der Waals surface area (Å²) in [6.07, 6.45) is 12.9. The van der Waals surface area contributed by atoms with E-state index in [1.54, 1.807) is 5.57 Å². The van der Waals surface area contributed by atoms with Crippen molar-refractivity contribution in [2.75, 3.05) is 6.61 Å². The molecule has 0 radical (unpaired) electrons. The Balaban J connectivity index is 1.71. The van der Waals surface area contributed by atoms with Crippen molar-refractivity contribution in [1.29, 1.82) is 0 Å². The van der Waals surface area contributed by atoms with Crippen LogP contribution in [0, 0.1) is 11.3 Å². The minimum atomic E-state index is -1.63. The van der Waals surface area contributed by atoms with Crippen molar-refractivity contribution in [1.82, 2.24) is 0 Å². The Morgan fingerprint density at radius 2 is 2.00 bits per heavy atom. The molecule has 3 aliphatic rings. The number of carbonyl (C=O) groups is 1. The van der Waals surface area contributed by atoms with Gasteiger partial charge in [-0.1, -0.05) is 63.6 Å². The van der Waals surface area contributed by atoms with Gasteiger partial charge in [0, 0.05) is 12.8 Å². The predicted molar refractivity (Wildman–Crippen MR) is 135 cm³/mol. The van der Waals surface area contributed by atoms with Crippen molar-refractivity contribution in [3.8, 4) is 0 Å². The first-order valence-electron chi connectivity index (χ1n) is 13.0. The third-order valence-electron chi connectivity index (χ3n) is 8.70. The second kappa shape index (κ2) is 10.5. The molecule has 0 bridgehead atoms. The quantitative estimate of drug-likeness (QED) is 0.260. The summed E-state index contributed by atoms with van der Waals surface area (Å²) >= 11 is 0. The minimum Gasteiger partial charge on any atom is -0.458 e. The van der Waals surface area contributed by atoms with Crippen molar-refractivity contribution in [2.45, 2.75) is 110 Å². The van der Waals surface area contributed by atoms with Crippen LogP contribution in [0.4, 0.5) is 0 Å². The Kier molecular flexibility index (Phi) is 8.32. The van der Waals surface area contributed by atoms with E-state index in [-0.39, 0.29) is 24.9 Å². The number of hydrogen-bond donors (Lipinski definition) is 2. The molecule has 0 unspecified atom stereocenters. The standard InChI is InChI=1S/C29H44O5/c1-7-23-14-15-24-21(11-10-16-28(23,24)6)12-13-22-17-29(32,18-25(30)20(22)4)33-19-26(31)34-27(5,8-2)9-3/h12-14,24-25,30,32H,4,7-11,15-19H2,1-3,5-6H3/t24-,25+,28-,29+/m1/s1. The van der Waals surface area contributed by atoms with Crippen LogP contribution in [-0.4, -0.2) is 40.3 Å². The number of fused-ring (bicyclic) bond motifs is 1. The van der Waals surface area contributed by atoms with Gasteiger partial charge in [-0.05, 0) is 74.3 Å². The molecule has 0 saturated heterocycles. The molecule has 4 atom stereocenters. The number of hydrogen-bond acceptors (Lipinski definition) is 5. The summed E-state index contributed by atoms with van der Waals surface area (Å²) in [6.45, 7) is 14.2. The maximum absolute atomic E-state index is 12.3. The number of aliphatic hydroxyl groups is 2. The highest BCUT2D eigenvalue weighted by Crippen LogP contribution is 2.55. The van der Waals surface area contributed by atoms with E-state index in [1.807, 2.05) is 26.8 Å². The van der Waals surface area contributed by atoms with Crippen LogP contribution >= 0.6 is 0 Å². The fourth-order valence-electron chi connectivity index (χ4n) is 5.95. The molecule has 0 amide bonds. The van der Waals surface area contributed by atoms with Crippen LogP contribution in [0.5, 0.6) is 0 Å². The van der Waals surface area contributed by atoms with Crippen LogP contribution in [-0.2, 0) is 14.3 Å². The van der Waals surface area contributed by atoms with Crippen LogP contribution < -0.4 is 0 Å². The Morgan fingerprint density at radius 3 is 2.65 bits per heavy atom. The first-order valence-corrected chi connectivity index (χ1v) is 13.0. The Hall–Kier alpha value is -1.69. The van der Waals surface area contributed by atoms with Crippen LogP contribution in [0.1, 0.15) is 92.4 Å². The molecule has 5 nitrogen and oxygen atoms in total. The molecule has 2 saturated carbocycles. The van der Waals surface area contributed by atoms with Gasteiger partial charge >= 0.3 is 5.97 Å². The topological polar surface area (TPSA) is 76.0 Å². The minimum absolute atomic E-state index is 0.0175. The molecule has 0 aromatic carbocycles. The monoisotopic (exact) mass is 472 g/mol. The van der Waals surface area contributed by atoms with E-state index in [1.165, 1.54) is 18.4 Å². The molecular weight excluding hydrogens is 428 g/mol. The van der Waals surface area contributed by atoms with Gasteiger partial charge in [-0.3, -0.25) is 0 Å². The second-order valence-electron chi connectivity index (χ2n) is 10.9. The van der Waals surface area contributed by atoms with Crippen LogP contribution in [0.25, 0.3) is 0 Å². The smallest absolute Gasteiger partial charge is 0.332 e. The SMILES string of the molecule is C=C1C(=CC=C2CCC[C@]3(C)C(CC)=CC[C@H]23)C[C@](O)(OCC(=O)OC(C)(CC)CC)C[C@@H]1O. The fraction of sp³-hybridized carbons (Fsp3) is 0.690. The van der Waals surface area contributed by atoms with Crippen molar-refractivity contribution >= 4 is 5.97 Å². The summed E-state index contributed by atoms with van der Waals surface area (Å²) < 4.78 is 11.2. The van der Waals surface area contributed by atoms with E-state index in [9.17, 15) is 15.0 Å². The van der Waals surface area contributed by atoms with Gasteiger partial charge in [-0.2, -0.15) is 0 Å². The van der Waals surface area contributed by atoms with Gasteiger partial charge in [0.25, 0.3) is 0 Å². The third kappa shape index (κ3) is 5.58. The van der Waals surface area contributed by atoms with E-state index in [0.717, 1.165) is 24.8 Å². The molecule has 0 aromatic heterocycles. The van der Waals surface area contributed by atoms with Gasteiger partial charge < -0.3 is 19.7 Å². The summed E-state index contributed by atoms with van der Waals surface area (Å²) in [5.74, 6) is -1.62. The summed E-state index contributed by atoms with van der Waals surface area (Å²) in [4.78, 5) is 12.3. The zero-order chi connectivity index (χ0) is 25.1. The third-order valence-corrected chi connectivity index (χ3v) is 8.70. The first-order chi connectivity index (χ1) is 16.0. The normalized spacial score (nSPS) is 34.3. The highest BCUT2D eigenvalue weighted by Gasteiger charge is 2.44. The van der Waals surface area contributed by atoms with E-state index >= 15 is 0 Å². The second-order valence-corrected chi connectivity index (χ2v) is 10.9. The number of allylic oxidation sites excluding steroid dienone is 5. The molecule has 2 fully saturated rings. The summed E-state index contributed by atoms with van der Waals surface area (Å²) in [7, 11) is 0. The highest BCUT2D eigenvalue weighted by molar-refractivity contribution is 5.71. The van der Waals surface area contributed by atoms with Gasteiger partial charge in [0.2, 0.25) is 0 Å². The van der Waals surface area contributed by atoms with Crippen molar-refractivity contribution in [3.63, 3.8) is 0 Å². The average Bonchev–Trinajstić information content (AvgIpc) is 3.15. The summed E-state index contributed by atoms with van der Waals surface area (Å²) in [6, 6.07) is 0. The highest BCUT2D eigenvalue weighted by atomic mass is 16.6. The number of aliphatic hydroxyl groups excluding tert-OH is 1. The molecule has 0 aliphatic heterocycles. The molecule has 5 heteroatoms. The molecule has 2 N–H and O–H groups in total. The van der Waals surface area contributed by atoms with Gasteiger partial charge in [0.15, 0.2) is 5.79 Å². The van der Waals surface area contributed by atoms with Crippen molar-refractivity contribution < 1.29 is 24.5 Å².